The van der Waals surface area contributed by atoms with Crippen molar-refractivity contribution in [2.45, 2.75) is 18.2 Å². The van der Waals surface area contributed by atoms with Gasteiger partial charge in [-0.1, -0.05) is 24.6 Å². The van der Waals surface area contributed by atoms with E-state index in [0.717, 1.165) is 16.2 Å². The van der Waals surface area contributed by atoms with E-state index in [4.69, 9.17) is 16.3 Å². The summed E-state index contributed by atoms with van der Waals surface area (Å²) in [4.78, 5) is 42.7. The third-order valence-electron chi connectivity index (χ3n) is 4.89. The molecule has 1 aliphatic heterocycles. The van der Waals surface area contributed by atoms with Crippen molar-refractivity contribution in [2.24, 2.45) is 0 Å². The SMILES string of the molecule is CCCOC(=O)c1cccc(N2C(=O)C(Cl)=C(Nc3ccc(S(=O)(=O)Nc4nccs4)cc3)C2=O)c1. The maximum atomic E-state index is 13.1. The molecule has 0 fully saturated rings. The van der Waals surface area contributed by atoms with Gasteiger partial charge in [-0.25, -0.2) is 23.1 Å². The lowest BCUT2D eigenvalue weighted by atomic mass is 10.2. The van der Waals surface area contributed by atoms with Gasteiger partial charge in [0.15, 0.2) is 5.13 Å². The molecule has 0 unspecified atom stereocenters. The zero-order valence-electron chi connectivity index (χ0n) is 18.7. The zero-order chi connectivity index (χ0) is 25.9. The first kappa shape index (κ1) is 25.4. The smallest absolute Gasteiger partial charge is 0.338 e. The molecule has 4 rings (SSSR count). The number of thiazole rings is 1. The quantitative estimate of drug-likeness (QED) is 0.304. The van der Waals surface area contributed by atoms with Crippen molar-refractivity contribution < 1.29 is 27.5 Å². The van der Waals surface area contributed by atoms with E-state index < -0.39 is 27.8 Å². The molecule has 3 aromatic rings. The van der Waals surface area contributed by atoms with Crippen molar-refractivity contribution in [3.05, 3.63) is 76.4 Å². The molecule has 186 valence electrons. The van der Waals surface area contributed by atoms with Gasteiger partial charge in [-0.2, -0.15) is 0 Å². The summed E-state index contributed by atoms with van der Waals surface area (Å²) in [5.74, 6) is -2.07. The lowest BCUT2D eigenvalue weighted by molar-refractivity contribution is -0.120. The molecule has 36 heavy (non-hydrogen) atoms. The number of hydrogen-bond acceptors (Lipinski definition) is 9. The average molecular weight is 547 g/mol. The minimum Gasteiger partial charge on any atom is -0.462 e. The van der Waals surface area contributed by atoms with Gasteiger partial charge in [-0.15, -0.1) is 11.3 Å². The molecular weight excluding hydrogens is 528 g/mol. The third kappa shape index (κ3) is 5.25. The molecule has 2 aromatic carbocycles. The molecule has 2 heterocycles. The van der Waals surface area contributed by atoms with Crippen LogP contribution in [0.3, 0.4) is 0 Å². The van der Waals surface area contributed by atoms with Crippen LogP contribution < -0.4 is 14.9 Å². The van der Waals surface area contributed by atoms with Gasteiger partial charge in [-0.05, 0) is 48.9 Å². The molecule has 0 spiro atoms. The molecule has 1 aliphatic rings. The Hall–Kier alpha value is -3.74. The predicted octanol–water partition coefficient (Wildman–Crippen LogP) is 3.95. The standard InChI is InChI=1S/C23H19ClN4O6S2/c1-2-11-34-22(31)14-4-3-5-16(13-14)28-20(29)18(24)19(21(28)30)26-15-6-8-17(9-7-15)36(32,33)27-23-25-10-12-35-23/h3-10,12-13,26H,2,11H2,1H3,(H,25,27). The van der Waals surface area contributed by atoms with E-state index in [0.29, 0.717) is 12.1 Å². The van der Waals surface area contributed by atoms with Gasteiger partial charge >= 0.3 is 5.97 Å². The van der Waals surface area contributed by atoms with Crippen LogP contribution in [0.25, 0.3) is 0 Å². The minimum atomic E-state index is -3.85. The van der Waals surface area contributed by atoms with E-state index in [1.165, 1.54) is 54.7 Å². The highest BCUT2D eigenvalue weighted by molar-refractivity contribution is 7.93. The number of sulfonamides is 1. The summed E-state index contributed by atoms with van der Waals surface area (Å²) in [5.41, 5.74) is 0.483. The van der Waals surface area contributed by atoms with Crippen molar-refractivity contribution >= 4 is 67.3 Å². The van der Waals surface area contributed by atoms with Gasteiger partial charge in [0, 0.05) is 17.3 Å². The Morgan fingerprint density at radius 2 is 1.89 bits per heavy atom. The second-order valence-electron chi connectivity index (χ2n) is 7.41. The summed E-state index contributed by atoms with van der Waals surface area (Å²) in [6, 6.07) is 11.4. The number of hydrogen-bond donors (Lipinski definition) is 2. The number of ether oxygens (including phenoxy) is 1. The van der Waals surface area contributed by atoms with E-state index in [9.17, 15) is 22.8 Å². The summed E-state index contributed by atoms with van der Waals surface area (Å²) in [7, 11) is -3.85. The summed E-state index contributed by atoms with van der Waals surface area (Å²) in [6.45, 7) is 2.10. The Balaban J connectivity index is 1.51. The number of rotatable bonds is 9. The molecule has 0 atom stereocenters. The minimum absolute atomic E-state index is 0.0226. The highest BCUT2D eigenvalue weighted by Crippen LogP contribution is 2.31. The van der Waals surface area contributed by atoms with E-state index in [-0.39, 0.29) is 38.6 Å². The highest BCUT2D eigenvalue weighted by Gasteiger charge is 2.39. The third-order valence-corrected chi connectivity index (χ3v) is 7.42. The van der Waals surface area contributed by atoms with Crippen LogP contribution in [0.4, 0.5) is 16.5 Å². The van der Waals surface area contributed by atoms with Crippen LogP contribution in [-0.4, -0.2) is 37.8 Å². The van der Waals surface area contributed by atoms with Gasteiger partial charge in [0.1, 0.15) is 10.7 Å². The first-order valence-corrected chi connectivity index (χ1v) is 13.3. The number of halogens is 1. The lowest BCUT2D eigenvalue weighted by Crippen LogP contribution is -2.32. The maximum Gasteiger partial charge on any atom is 0.338 e. The van der Waals surface area contributed by atoms with Crippen molar-refractivity contribution in [1.29, 1.82) is 0 Å². The van der Waals surface area contributed by atoms with Crippen LogP contribution in [0.2, 0.25) is 0 Å². The molecule has 1 aromatic heterocycles. The van der Waals surface area contributed by atoms with Crippen molar-refractivity contribution in [3.63, 3.8) is 0 Å². The molecule has 13 heteroatoms. The van der Waals surface area contributed by atoms with Crippen molar-refractivity contribution in [2.75, 3.05) is 21.5 Å². The molecule has 0 aliphatic carbocycles. The number of esters is 1. The summed E-state index contributed by atoms with van der Waals surface area (Å²) < 4.78 is 32.5. The number of carbonyl (C=O) groups excluding carboxylic acids is 3. The van der Waals surface area contributed by atoms with Crippen LogP contribution in [-0.2, 0) is 24.3 Å². The maximum absolute atomic E-state index is 13.1. The number of imide groups is 1. The number of benzene rings is 2. The van der Waals surface area contributed by atoms with Gasteiger partial charge in [0.2, 0.25) is 0 Å². The average Bonchev–Trinajstić information content (AvgIpc) is 3.44. The fourth-order valence-corrected chi connectivity index (χ4v) is 5.21. The van der Waals surface area contributed by atoms with Gasteiger partial charge in [0.05, 0.1) is 22.8 Å². The van der Waals surface area contributed by atoms with E-state index in [1.807, 2.05) is 6.92 Å². The number of aromatic nitrogens is 1. The fraction of sp³-hybridized carbons (Fsp3) is 0.130. The molecular formula is C23H19ClN4O6S2. The Kier molecular flexibility index (Phi) is 7.38. The molecule has 0 radical (unpaired) electrons. The molecule has 2 amide bonds. The van der Waals surface area contributed by atoms with Crippen LogP contribution >= 0.6 is 22.9 Å². The van der Waals surface area contributed by atoms with E-state index in [2.05, 4.69) is 15.0 Å². The highest BCUT2D eigenvalue weighted by atomic mass is 35.5. The molecule has 10 nitrogen and oxygen atoms in total. The van der Waals surface area contributed by atoms with Gasteiger partial charge in [-0.3, -0.25) is 14.3 Å². The largest absolute Gasteiger partial charge is 0.462 e. The van der Waals surface area contributed by atoms with Crippen LogP contribution in [0.5, 0.6) is 0 Å². The molecule has 0 saturated carbocycles. The van der Waals surface area contributed by atoms with Crippen LogP contribution in [0.15, 0.2) is 75.7 Å². The van der Waals surface area contributed by atoms with Gasteiger partial charge in [0.25, 0.3) is 21.8 Å². The van der Waals surface area contributed by atoms with Crippen LogP contribution in [0.1, 0.15) is 23.7 Å². The normalized spacial score (nSPS) is 13.8. The first-order valence-electron chi connectivity index (χ1n) is 10.6. The van der Waals surface area contributed by atoms with Crippen molar-refractivity contribution in [1.82, 2.24) is 4.98 Å². The number of anilines is 3. The Bertz CT molecular complexity index is 1450. The zero-order valence-corrected chi connectivity index (χ0v) is 21.1. The monoisotopic (exact) mass is 546 g/mol. The number of amides is 2. The second kappa shape index (κ2) is 10.5. The lowest BCUT2D eigenvalue weighted by Gasteiger charge is -2.16. The summed E-state index contributed by atoms with van der Waals surface area (Å²) in [5, 5.41) is 4.30. The number of nitrogens with zero attached hydrogens (tertiary/aromatic N) is 2. The number of nitrogens with one attached hydrogen (secondary N) is 2. The molecule has 2 N–H and O–H groups in total. The van der Waals surface area contributed by atoms with Crippen molar-refractivity contribution in [3.8, 4) is 0 Å². The van der Waals surface area contributed by atoms with Gasteiger partial charge < -0.3 is 10.1 Å². The Labute approximate surface area is 215 Å². The van der Waals surface area contributed by atoms with E-state index in [1.54, 1.807) is 5.38 Å². The Morgan fingerprint density at radius 3 is 2.56 bits per heavy atom. The number of carbonyl (C=O) groups is 3. The summed E-state index contributed by atoms with van der Waals surface area (Å²) >= 11 is 7.31. The first-order chi connectivity index (χ1) is 17.2. The van der Waals surface area contributed by atoms with E-state index >= 15 is 0 Å². The summed E-state index contributed by atoms with van der Waals surface area (Å²) in [6.07, 6.45) is 2.13. The topological polar surface area (TPSA) is 135 Å². The second-order valence-corrected chi connectivity index (χ2v) is 10.4. The Morgan fingerprint density at radius 1 is 1.14 bits per heavy atom. The van der Waals surface area contributed by atoms with Crippen LogP contribution in [0, 0.1) is 0 Å². The molecule has 0 bridgehead atoms. The predicted molar refractivity (Wildman–Crippen MR) is 135 cm³/mol. The fourth-order valence-electron chi connectivity index (χ4n) is 3.21. The molecule has 0 saturated heterocycles.